The van der Waals surface area contributed by atoms with Gasteiger partial charge < -0.3 is 5.32 Å². The molecule has 0 amide bonds. The zero-order valence-electron chi connectivity index (χ0n) is 15.6. The monoisotopic (exact) mass is 379 g/mol. The van der Waals surface area contributed by atoms with E-state index in [0.717, 1.165) is 43.0 Å². The second-order valence-corrected chi connectivity index (χ2v) is 8.51. The highest BCUT2D eigenvalue weighted by Crippen LogP contribution is 2.47. The zero-order chi connectivity index (χ0) is 18.8. The highest BCUT2D eigenvalue weighted by molar-refractivity contribution is 6.35. The second kappa shape index (κ2) is 5.91. The lowest BCUT2D eigenvalue weighted by atomic mass is 9.77. The van der Waals surface area contributed by atoms with E-state index in [9.17, 15) is 4.79 Å². The summed E-state index contributed by atoms with van der Waals surface area (Å²) >= 11 is 6.57. The van der Waals surface area contributed by atoms with E-state index in [4.69, 9.17) is 11.6 Å². The Balaban J connectivity index is 1.87. The number of aromatic nitrogens is 2. The standard InChI is InChI=1S/C22H22ClN3O/c1-22(2)18-14(13-9-11-24-12-10-13)5-4-8-17(18)26-19-15(6-3-7-16(19)23)20(27)25-21(22)26/h3-8,13,24H,9-12H2,1-2H3. The van der Waals surface area contributed by atoms with E-state index in [1.54, 1.807) is 0 Å². The molecule has 0 aliphatic carbocycles. The van der Waals surface area contributed by atoms with Gasteiger partial charge in [-0.1, -0.05) is 29.8 Å². The van der Waals surface area contributed by atoms with Gasteiger partial charge in [0.1, 0.15) is 5.82 Å². The molecule has 1 N–H and O–H groups in total. The molecular formula is C22H22ClN3O. The van der Waals surface area contributed by atoms with Crippen molar-refractivity contribution in [2.75, 3.05) is 13.1 Å². The summed E-state index contributed by atoms with van der Waals surface area (Å²) in [6.45, 7) is 6.44. The maximum Gasteiger partial charge on any atom is 0.280 e. The Hall–Kier alpha value is -2.17. The van der Waals surface area contributed by atoms with Crippen molar-refractivity contribution in [1.82, 2.24) is 14.9 Å². The number of nitrogens with zero attached hydrogens (tertiary/aromatic N) is 2. The van der Waals surface area contributed by atoms with Gasteiger partial charge in [0.25, 0.3) is 5.56 Å². The first-order valence-electron chi connectivity index (χ1n) is 9.56. The maximum atomic E-state index is 12.7. The summed E-state index contributed by atoms with van der Waals surface area (Å²) < 4.78 is 2.11. The van der Waals surface area contributed by atoms with E-state index < -0.39 is 0 Å². The average Bonchev–Trinajstić information content (AvgIpc) is 2.90. The molecule has 4 nitrogen and oxygen atoms in total. The molecule has 0 bridgehead atoms. The van der Waals surface area contributed by atoms with Crippen LogP contribution in [-0.2, 0) is 5.41 Å². The summed E-state index contributed by atoms with van der Waals surface area (Å²) in [5, 5.41) is 4.61. The van der Waals surface area contributed by atoms with E-state index in [2.05, 4.69) is 46.9 Å². The Morgan fingerprint density at radius 1 is 1.15 bits per heavy atom. The average molecular weight is 380 g/mol. The van der Waals surface area contributed by atoms with E-state index in [1.165, 1.54) is 11.1 Å². The third-order valence-corrected chi connectivity index (χ3v) is 6.44. The van der Waals surface area contributed by atoms with Crippen molar-refractivity contribution in [3.63, 3.8) is 0 Å². The Bertz CT molecular complexity index is 1130. The molecule has 27 heavy (non-hydrogen) atoms. The molecule has 2 aromatic carbocycles. The summed E-state index contributed by atoms with van der Waals surface area (Å²) in [6, 6.07) is 12.0. The number of piperidine rings is 1. The van der Waals surface area contributed by atoms with Crippen LogP contribution in [0.5, 0.6) is 0 Å². The number of hydrogen-bond acceptors (Lipinski definition) is 3. The minimum Gasteiger partial charge on any atom is -0.317 e. The molecule has 0 saturated carbocycles. The number of nitrogens with one attached hydrogen (secondary N) is 1. The van der Waals surface area contributed by atoms with Crippen molar-refractivity contribution in [3.05, 3.63) is 68.7 Å². The summed E-state index contributed by atoms with van der Waals surface area (Å²) in [5.74, 6) is 1.31. The number of halogens is 1. The molecule has 2 aliphatic rings. The number of benzene rings is 2. The fourth-order valence-corrected chi connectivity index (χ4v) is 5.15. The highest BCUT2D eigenvalue weighted by atomic mass is 35.5. The normalized spacial score (nSPS) is 18.5. The zero-order valence-corrected chi connectivity index (χ0v) is 16.3. The van der Waals surface area contributed by atoms with Crippen molar-refractivity contribution >= 4 is 22.5 Å². The second-order valence-electron chi connectivity index (χ2n) is 8.10. The lowest BCUT2D eigenvalue weighted by Gasteiger charge is -2.28. The summed E-state index contributed by atoms with van der Waals surface area (Å²) in [7, 11) is 0. The first-order valence-corrected chi connectivity index (χ1v) is 9.94. The number of fused-ring (bicyclic) bond motifs is 5. The maximum absolute atomic E-state index is 12.7. The molecule has 5 rings (SSSR count). The lowest BCUT2D eigenvalue weighted by molar-refractivity contribution is 0.453. The van der Waals surface area contributed by atoms with Crippen LogP contribution in [-0.4, -0.2) is 22.6 Å². The Morgan fingerprint density at radius 3 is 2.67 bits per heavy atom. The minimum absolute atomic E-state index is 0.206. The quantitative estimate of drug-likeness (QED) is 0.691. The van der Waals surface area contributed by atoms with Gasteiger partial charge >= 0.3 is 0 Å². The largest absolute Gasteiger partial charge is 0.317 e. The molecule has 3 aromatic rings. The summed E-state index contributed by atoms with van der Waals surface area (Å²) in [5.41, 5.74) is 4.00. The van der Waals surface area contributed by atoms with Gasteiger partial charge in [-0.25, -0.2) is 0 Å². The van der Waals surface area contributed by atoms with Crippen molar-refractivity contribution in [2.45, 2.75) is 38.0 Å². The van der Waals surface area contributed by atoms with Crippen molar-refractivity contribution < 1.29 is 0 Å². The molecule has 0 atom stereocenters. The molecule has 0 spiro atoms. The van der Waals surface area contributed by atoms with E-state index in [1.807, 2.05) is 18.2 Å². The van der Waals surface area contributed by atoms with Gasteiger partial charge in [0.2, 0.25) is 0 Å². The van der Waals surface area contributed by atoms with Gasteiger partial charge in [0, 0.05) is 0 Å². The molecule has 3 heterocycles. The predicted molar refractivity (Wildman–Crippen MR) is 109 cm³/mol. The van der Waals surface area contributed by atoms with Crippen molar-refractivity contribution in [2.24, 2.45) is 0 Å². The van der Waals surface area contributed by atoms with Crippen molar-refractivity contribution in [1.29, 1.82) is 0 Å². The van der Waals surface area contributed by atoms with Crippen molar-refractivity contribution in [3.8, 4) is 5.69 Å². The molecule has 0 unspecified atom stereocenters. The van der Waals surface area contributed by atoms with Crippen LogP contribution in [0.2, 0.25) is 5.02 Å². The Labute approximate surface area is 163 Å². The third-order valence-electron chi connectivity index (χ3n) is 6.14. The van der Waals surface area contributed by atoms with Gasteiger partial charge in [0.05, 0.1) is 27.0 Å². The van der Waals surface area contributed by atoms with Gasteiger partial charge in [0.15, 0.2) is 0 Å². The predicted octanol–water partition coefficient (Wildman–Crippen LogP) is 4.15. The van der Waals surface area contributed by atoms with Gasteiger partial charge in [-0.3, -0.25) is 9.36 Å². The smallest absolute Gasteiger partial charge is 0.280 e. The van der Waals surface area contributed by atoms with Crippen LogP contribution in [0.15, 0.2) is 41.2 Å². The lowest BCUT2D eigenvalue weighted by Crippen LogP contribution is -2.29. The first-order chi connectivity index (χ1) is 13.0. The van der Waals surface area contributed by atoms with Gasteiger partial charge in [-0.2, -0.15) is 4.98 Å². The molecule has 1 fully saturated rings. The number of rotatable bonds is 1. The van der Waals surface area contributed by atoms with Gasteiger partial charge in [-0.05, 0) is 75.0 Å². The van der Waals surface area contributed by atoms with Crippen LogP contribution in [0.3, 0.4) is 0 Å². The molecule has 2 aliphatic heterocycles. The van der Waals surface area contributed by atoms with Crippen LogP contribution >= 0.6 is 11.6 Å². The van der Waals surface area contributed by atoms with E-state index in [-0.39, 0.29) is 11.0 Å². The molecule has 1 saturated heterocycles. The molecule has 5 heteroatoms. The minimum atomic E-state index is -0.344. The fourth-order valence-electron chi connectivity index (χ4n) is 4.89. The Kier molecular flexibility index (Phi) is 3.72. The highest BCUT2D eigenvalue weighted by Gasteiger charge is 2.41. The fraction of sp³-hybridized carbons (Fsp3) is 0.364. The van der Waals surface area contributed by atoms with Crippen LogP contribution in [0, 0.1) is 0 Å². The Morgan fingerprint density at radius 2 is 1.89 bits per heavy atom. The van der Waals surface area contributed by atoms with E-state index in [0.29, 0.717) is 16.3 Å². The topological polar surface area (TPSA) is 46.9 Å². The SMILES string of the molecule is CC1(C)c2c(C3CCNCC3)cccc2-n2c1nc(=O)c1cccc(Cl)c12. The summed E-state index contributed by atoms with van der Waals surface area (Å²) in [6.07, 6.45) is 2.27. The van der Waals surface area contributed by atoms with Crippen LogP contribution in [0.25, 0.3) is 16.6 Å². The van der Waals surface area contributed by atoms with Crippen LogP contribution in [0.4, 0.5) is 0 Å². The summed E-state index contributed by atoms with van der Waals surface area (Å²) in [4.78, 5) is 17.2. The molecule has 1 aromatic heterocycles. The van der Waals surface area contributed by atoms with E-state index >= 15 is 0 Å². The molecule has 138 valence electrons. The van der Waals surface area contributed by atoms with Crippen LogP contribution in [0.1, 0.15) is 49.6 Å². The number of para-hydroxylation sites is 1. The van der Waals surface area contributed by atoms with Crippen LogP contribution < -0.4 is 10.9 Å². The molecular weight excluding hydrogens is 358 g/mol. The van der Waals surface area contributed by atoms with Gasteiger partial charge in [-0.15, -0.1) is 0 Å². The molecule has 0 radical (unpaired) electrons. The first kappa shape index (κ1) is 17.0. The third kappa shape index (κ3) is 2.33. The number of hydrogen-bond donors (Lipinski definition) is 1.